The maximum absolute atomic E-state index is 11.1. The molecular formula is C20H33BrCl3NO2S. The van der Waals surface area contributed by atoms with Crippen molar-refractivity contribution in [3.8, 4) is 0 Å². The van der Waals surface area contributed by atoms with Crippen LogP contribution in [0.25, 0.3) is 0 Å². The van der Waals surface area contributed by atoms with E-state index in [-0.39, 0.29) is 19.0 Å². The minimum atomic E-state index is -0.605. The van der Waals surface area contributed by atoms with E-state index in [9.17, 15) is 10.1 Å². The highest BCUT2D eigenvalue weighted by Gasteiger charge is 2.24. The van der Waals surface area contributed by atoms with Crippen LogP contribution in [0.2, 0.25) is 0 Å². The second-order valence-corrected chi connectivity index (χ2v) is 10.6. The van der Waals surface area contributed by atoms with Crippen LogP contribution < -0.4 is 0 Å². The number of unbranched alkanes of at least 4 members (excludes halogenated alkanes) is 13. The van der Waals surface area contributed by atoms with E-state index in [0.29, 0.717) is 0 Å². The molecule has 28 heavy (non-hydrogen) atoms. The van der Waals surface area contributed by atoms with Crippen molar-refractivity contribution in [2.24, 2.45) is 0 Å². The third kappa shape index (κ3) is 15.4. The summed E-state index contributed by atoms with van der Waals surface area (Å²) >= 11 is 21.7. The minimum absolute atomic E-state index is 0.0175. The monoisotopic (exact) mass is 535 g/mol. The lowest BCUT2D eigenvalue weighted by molar-refractivity contribution is -0.419. The summed E-state index contributed by atoms with van der Waals surface area (Å²) in [6, 6.07) is 0. The predicted molar refractivity (Wildman–Crippen MR) is 130 cm³/mol. The summed E-state index contributed by atoms with van der Waals surface area (Å²) in [6.07, 6.45) is 18.2. The summed E-state index contributed by atoms with van der Waals surface area (Å²) in [5, 5.41) is 10.9. The van der Waals surface area contributed by atoms with Crippen LogP contribution in [0, 0.1) is 10.1 Å². The van der Waals surface area contributed by atoms with E-state index in [1.54, 1.807) is 0 Å². The first kappa shape index (κ1) is 28.6. The Balaban J connectivity index is 3.67. The molecule has 0 radical (unpaired) electrons. The maximum atomic E-state index is 11.1. The predicted octanol–water partition coefficient (Wildman–Crippen LogP) is 9.93. The number of rotatable bonds is 18. The van der Waals surface area contributed by atoms with Crippen molar-refractivity contribution in [1.29, 1.82) is 0 Å². The first-order valence-electron chi connectivity index (χ1n) is 10.3. The third-order valence-corrected chi connectivity index (χ3v) is 7.19. The Hall–Kier alpha value is 0.580. The van der Waals surface area contributed by atoms with Crippen LogP contribution in [0.5, 0.6) is 0 Å². The molecule has 0 fully saturated rings. The SMILES string of the molecule is CCCCCCCCCCCCCCCCS/C(Cl)=C(/C(Cl)=C(\Cl)Br)[N+](=O)[O-]. The van der Waals surface area contributed by atoms with Crippen molar-refractivity contribution in [2.75, 3.05) is 5.75 Å². The molecule has 0 aromatic carbocycles. The van der Waals surface area contributed by atoms with Gasteiger partial charge in [0.05, 0.1) is 4.92 Å². The van der Waals surface area contributed by atoms with Crippen molar-refractivity contribution in [2.45, 2.75) is 96.8 Å². The quantitative estimate of drug-likeness (QED) is 0.0756. The van der Waals surface area contributed by atoms with Crippen LogP contribution in [0.15, 0.2) is 19.0 Å². The van der Waals surface area contributed by atoms with E-state index in [1.807, 2.05) is 0 Å². The number of halogens is 4. The number of nitro groups is 1. The molecule has 0 saturated carbocycles. The molecule has 0 rings (SSSR count). The fraction of sp³-hybridized carbons (Fsp3) is 0.800. The van der Waals surface area contributed by atoms with E-state index in [0.717, 1.165) is 18.6 Å². The molecule has 0 aromatic heterocycles. The molecule has 0 saturated heterocycles. The van der Waals surface area contributed by atoms with Gasteiger partial charge in [-0.25, -0.2) is 0 Å². The normalized spacial score (nSPS) is 13.3. The van der Waals surface area contributed by atoms with Gasteiger partial charge in [-0.1, -0.05) is 125 Å². The molecule has 0 aliphatic heterocycles. The van der Waals surface area contributed by atoms with Gasteiger partial charge in [-0.3, -0.25) is 10.1 Å². The zero-order valence-electron chi connectivity index (χ0n) is 16.8. The fourth-order valence-electron chi connectivity index (χ4n) is 2.85. The summed E-state index contributed by atoms with van der Waals surface area (Å²) < 4.78 is 0.0541. The van der Waals surface area contributed by atoms with Crippen LogP contribution in [0.1, 0.15) is 96.8 Å². The highest BCUT2D eigenvalue weighted by atomic mass is 79.9. The highest BCUT2D eigenvalue weighted by Crippen LogP contribution is 2.35. The molecule has 0 aliphatic rings. The Labute approximate surface area is 198 Å². The van der Waals surface area contributed by atoms with Crippen molar-refractivity contribution < 1.29 is 4.92 Å². The van der Waals surface area contributed by atoms with Gasteiger partial charge in [0.1, 0.15) is 8.97 Å². The van der Waals surface area contributed by atoms with E-state index >= 15 is 0 Å². The summed E-state index contributed by atoms with van der Waals surface area (Å²) in [5.41, 5.74) is -0.347. The zero-order chi connectivity index (χ0) is 21.2. The van der Waals surface area contributed by atoms with E-state index in [2.05, 4.69) is 22.9 Å². The minimum Gasteiger partial charge on any atom is -0.258 e. The van der Waals surface area contributed by atoms with E-state index in [1.165, 1.54) is 88.8 Å². The Morgan fingerprint density at radius 1 is 0.821 bits per heavy atom. The molecule has 0 aliphatic carbocycles. The van der Waals surface area contributed by atoms with Crippen LogP contribution in [-0.2, 0) is 0 Å². The van der Waals surface area contributed by atoms with Gasteiger partial charge in [0, 0.05) is 0 Å². The highest BCUT2D eigenvalue weighted by molar-refractivity contribution is 9.12. The molecule has 0 N–H and O–H groups in total. The van der Waals surface area contributed by atoms with Crippen LogP contribution in [0.4, 0.5) is 0 Å². The largest absolute Gasteiger partial charge is 0.314 e. The average molecular weight is 538 g/mol. The molecule has 0 heterocycles. The lowest BCUT2D eigenvalue weighted by atomic mass is 10.0. The smallest absolute Gasteiger partial charge is 0.258 e. The third-order valence-electron chi connectivity index (χ3n) is 4.47. The van der Waals surface area contributed by atoms with Crippen molar-refractivity contribution in [3.63, 3.8) is 0 Å². The molecular weight excluding hydrogens is 505 g/mol. The van der Waals surface area contributed by atoms with Gasteiger partial charge in [0.2, 0.25) is 0 Å². The van der Waals surface area contributed by atoms with Gasteiger partial charge < -0.3 is 0 Å². The molecule has 0 unspecified atom stereocenters. The van der Waals surface area contributed by atoms with Gasteiger partial charge in [0.15, 0.2) is 4.36 Å². The summed E-state index contributed by atoms with van der Waals surface area (Å²) in [6.45, 7) is 2.26. The van der Waals surface area contributed by atoms with Gasteiger partial charge in [-0.15, -0.1) is 11.8 Å². The molecule has 164 valence electrons. The molecule has 0 amide bonds. The van der Waals surface area contributed by atoms with Crippen LogP contribution in [-0.4, -0.2) is 10.7 Å². The zero-order valence-corrected chi connectivity index (χ0v) is 21.5. The molecule has 0 spiro atoms. The van der Waals surface area contributed by atoms with Crippen LogP contribution in [0.3, 0.4) is 0 Å². The van der Waals surface area contributed by atoms with Gasteiger partial charge >= 0.3 is 5.70 Å². The van der Waals surface area contributed by atoms with Gasteiger partial charge in [0.25, 0.3) is 0 Å². The molecule has 3 nitrogen and oxygen atoms in total. The number of thioether (sulfide) groups is 1. The number of hydrogen-bond acceptors (Lipinski definition) is 3. The summed E-state index contributed by atoms with van der Waals surface area (Å²) in [5.74, 6) is 0.734. The Morgan fingerprint density at radius 3 is 1.57 bits per heavy atom. The number of allylic oxidation sites excluding steroid dienone is 1. The average Bonchev–Trinajstić information content (AvgIpc) is 2.64. The topological polar surface area (TPSA) is 43.1 Å². The second-order valence-electron chi connectivity index (χ2n) is 6.90. The maximum Gasteiger partial charge on any atom is 0.314 e. The number of nitrogens with zero attached hydrogens (tertiary/aromatic N) is 1. The van der Waals surface area contributed by atoms with Crippen molar-refractivity contribution in [1.82, 2.24) is 0 Å². The first-order valence-corrected chi connectivity index (χ1v) is 13.2. The van der Waals surface area contributed by atoms with E-state index in [4.69, 9.17) is 34.8 Å². The summed E-state index contributed by atoms with van der Waals surface area (Å²) in [4.78, 5) is 10.5. The van der Waals surface area contributed by atoms with Crippen molar-refractivity contribution in [3.05, 3.63) is 29.1 Å². The molecule has 8 heteroatoms. The Kier molecular flexibility index (Phi) is 19.9. The van der Waals surface area contributed by atoms with Gasteiger partial charge in [-0.2, -0.15) is 0 Å². The van der Waals surface area contributed by atoms with Gasteiger partial charge in [-0.05, 0) is 28.1 Å². The summed E-state index contributed by atoms with van der Waals surface area (Å²) in [7, 11) is 0. The number of hydrogen-bond donors (Lipinski definition) is 0. The Bertz CT molecular complexity index is 498. The van der Waals surface area contributed by atoms with E-state index < -0.39 is 4.92 Å². The fourth-order valence-corrected chi connectivity index (χ4v) is 4.64. The lowest BCUT2D eigenvalue weighted by Gasteiger charge is -2.04. The van der Waals surface area contributed by atoms with Crippen LogP contribution >= 0.6 is 62.5 Å². The molecule has 0 atom stereocenters. The Morgan fingerprint density at radius 2 is 1.21 bits per heavy atom. The molecule has 0 aromatic rings. The van der Waals surface area contributed by atoms with Crippen molar-refractivity contribution >= 4 is 62.5 Å². The lowest BCUT2D eigenvalue weighted by Crippen LogP contribution is -2.01. The standard InChI is InChI=1S/C20H33BrCl3NO2S/c1-2-3-4-5-6-7-8-9-10-11-12-13-14-15-16-28-20(24)18(25(26)27)17(22)19(21)23/h2-16H2,1H3/b19-17+,20-18-. The second kappa shape index (κ2) is 19.5. The molecule has 0 bridgehead atoms. The first-order chi connectivity index (χ1) is 13.4.